The summed E-state index contributed by atoms with van der Waals surface area (Å²) in [6, 6.07) is 18.1. The highest BCUT2D eigenvalue weighted by molar-refractivity contribution is 6.45. The summed E-state index contributed by atoms with van der Waals surface area (Å²) in [4.78, 5) is 16.3. The van der Waals surface area contributed by atoms with Gasteiger partial charge in [0.15, 0.2) is 0 Å². The third-order valence-corrected chi connectivity index (χ3v) is 5.84. The van der Waals surface area contributed by atoms with Crippen LogP contribution < -0.4 is 4.90 Å². The first-order valence-corrected chi connectivity index (χ1v) is 9.86. The lowest BCUT2D eigenvalue weighted by molar-refractivity contribution is -0.147. The first-order valence-electron chi connectivity index (χ1n) is 9.86. The average molecular weight is 380 g/mol. The van der Waals surface area contributed by atoms with E-state index in [4.69, 9.17) is 0 Å². The average Bonchev–Trinajstić information content (AvgIpc) is 2.69. The van der Waals surface area contributed by atoms with E-state index >= 15 is 0 Å². The summed E-state index contributed by atoms with van der Waals surface area (Å²) >= 11 is 0. The van der Waals surface area contributed by atoms with Crippen molar-refractivity contribution in [2.45, 2.75) is 26.6 Å². The Hall–Kier alpha value is -2.31. The first kappa shape index (κ1) is 20.4. The lowest BCUT2D eigenvalue weighted by atomic mass is 9.71. The fourth-order valence-corrected chi connectivity index (χ4v) is 4.03. The molecule has 5 nitrogen and oxygen atoms in total. The number of hydrogen-bond acceptors (Lipinski definition) is 4. The van der Waals surface area contributed by atoms with E-state index < -0.39 is 18.4 Å². The fraction of sp³-hybridized carbons (Fsp3) is 0.409. The van der Waals surface area contributed by atoms with Gasteiger partial charge in [-0.1, -0.05) is 42.5 Å². The minimum absolute atomic E-state index is 0.229. The van der Waals surface area contributed by atoms with Gasteiger partial charge in [-0.05, 0) is 43.9 Å². The number of nitrogens with zero attached hydrogens (tertiary/aromatic N) is 2. The van der Waals surface area contributed by atoms with Crippen LogP contribution in [0.25, 0.3) is 0 Å². The molecule has 1 fully saturated rings. The molecule has 1 saturated heterocycles. The molecule has 6 heteroatoms. The zero-order valence-electron chi connectivity index (χ0n) is 16.9. The van der Waals surface area contributed by atoms with Crippen LogP contribution in [-0.2, 0) is 4.79 Å². The highest BCUT2D eigenvalue weighted by atomic mass is 16.4. The number of hydrogen-bond donors (Lipinski definition) is 2. The third kappa shape index (κ3) is 4.23. The van der Waals surface area contributed by atoms with E-state index in [1.165, 1.54) is 0 Å². The van der Waals surface area contributed by atoms with Gasteiger partial charge in [-0.2, -0.15) is 0 Å². The maximum Gasteiger partial charge on any atom is 0.376 e. The summed E-state index contributed by atoms with van der Waals surface area (Å²) in [6.45, 7) is 8.78. The van der Waals surface area contributed by atoms with Crippen molar-refractivity contribution in [3.63, 3.8) is 0 Å². The number of benzene rings is 2. The largest absolute Gasteiger partial charge is 0.481 e. The van der Waals surface area contributed by atoms with Crippen molar-refractivity contribution < 1.29 is 14.9 Å². The molecular weight excluding hydrogens is 351 g/mol. The van der Waals surface area contributed by atoms with Crippen LogP contribution in [0.2, 0.25) is 6.82 Å². The van der Waals surface area contributed by atoms with Crippen LogP contribution in [0.1, 0.15) is 30.9 Å². The lowest BCUT2D eigenvalue weighted by Crippen LogP contribution is -2.51. The quantitative estimate of drug-likeness (QED) is 0.754. The highest BCUT2D eigenvalue weighted by Crippen LogP contribution is 2.41. The van der Waals surface area contributed by atoms with Crippen LogP contribution in [-0.4, -0.2) is 54.1 Å². The molecule has 3 rings (SSSR count). The van der Waals surface area contributed by atoms with E-state index in [1.807, 2.05) is 30.3 Å². The molecular formula is C22H29BN2O3. The van der Waals surface area contributed by atoms with Crippen LogP contribution in [0.5, 0.6) is 0 Å². The molecule has 0 bridgehead atoms. The van der Waals surface area contributed by atoms with Gasteiger partial charge in [0.05, 0.1) is 5.41 Å². The van der Waals surface area contributed by atoms with Crippen molar-refractivity contribution >= 4 is 18.7 Å². The molecule has 0 amide bonds. The Morgan fingerprint density at radius 3 is 2.00 bits per heavy atom. The Labute approximate surface area is 167 Å². The van der Waals surface area contributed by atoms with Crippen LogP contribution in [0.4, 0.5) is 5.69 Å². The van der Waals surface area contributed by atoms with Gasteiger partial charge in [0.25, 0.3) is 0 Å². The molecule has 2 aromatic carbocycles. The van der Waals surface area contributed by atoms with Crippen LogP contribution >= 0.6 is 0 Å². The van der Waals surface area contributed by atoms with Gasteiger partial charge >= 0.3 is 13.0 Å². The monoisotopic (exact) mass is 380 g/mol. The number of rotatable bonds is 6. The topological polar surface area (TPSA) is 64.0 Å². The Kier molecular flexibility index (Phi) is 6.11. The number of carbonyl (C=O) groups is 1. The van der Waals surface area contributed by atoms with E-state index in [0.717, 1.165) is 43.0 Å². The van der Waals surface area contributed by atoms with Crippen molar-refractivity contribution in [1.82, 2.24) is 4.81 Å². The standard InChI is InChI=1S/C22H29BN2O3/c1-22(2,21(26)27)20(17-7-5-4-6-8-17)18-9-11-19(12-10-18)24-13-15-25(16-14-24)23(3)28/h4-12,20,28H,13-16H2,1-3H3,(H,26,27). The smallest absolute Gasteiger partial charge is 0.376 e. The Morgan fingerprint density at radius 1 is 0.964 bits per heavy atom. The number of piperazine rings is 1. The number of carboxylic acid groups (broad SMARTS) is 1. The van der Waals surface area contributed by atoms with Crippen molar-refractivity contribution in [3.05, 3.63) is 65.7 Å². The first-order chi connectivity index (χ1) is 13.3. The third-order valence-electron chi connectivity index (χ3n) is 5.84. The maximum absolute atomic E-state index is 12.0. The van der Waals surface area contributed by atoms with Gasteiger partial charge < -0.3 is 19.8 Å². The van der Waals surface area contributed by atoms with Crippen molar-refractivity contribution in [1.29, 1.82) is 0 Å². The zero-order valence-corrected chi connectivity index (χ0v) is 16.9. The second-order valence-corrected chi connectivity index (χ2v) is 8.12. The van der Waals surface area contributed by atoms with Crippen LogP contribution in [0, 0.1) is 5.41 Å². The van der Waals surface area contributed by atoms with Gasteiger partial charge in [0.2, 0.25) is 0 Å². The molecule has 2 aromatic rings. The summed E-state index contributed by atoms with van der Waals surface area (Å²) in [5.41, 5.74) is 2.22. The molecule has 1 unspecified atom stereocenters. The van der Waals surface area contributed by atoms with Crippen molar-refractivity contribution in [3.8, 4) is 0 Å². The molecule has 0 radical (unpaired) electrons. The van der Waals surface area contributed by atoms with Crippen LogP contribution in [0.15, 0.2) is 54.6 Å². The number of aliphatic carboxylic acids is 1. The lowest BCUT2D eigenvalue weighted by Gasteiger charge is -2.37. The molecule has 0 aliphatic carbocycles. The molecule has 1 aliphatic rings. The number of anilines is 1. The molecule has 28 heavy (non-hydrogen) atoms. The van der Waals surface area contributed by atoms with E-state index in [2.05, 4.69) is 34.0 Å². The van der Waals surface area contributed by atoms with Crippen LogP contribution in [0.3, 0.4) is 0 Å². The molecule has 0 spiro atoms. The van der Waals surface area contributed by atoms with Crippen molar-refractivity contribution in [2.24, 2.45) is 5.41 Å². The fourth-order valence-electron chi connectivity index (χ4n) is 4.03. The van der Waals surface area contributed by atoms with Gasteiger partial charge in [-0.15, -0.1) is 0 Å². The van der Waals surface area contributed by atoms with Crippen molar-refractivity contribution in [2.75, 3.05) is 31.1 Å². The molecule has 0 aromatic heterocycles. The van der Waals surface area contributed by atoms with E-state index in [1.54, 1.807) is 20.7 Å². The maximum atomic E-state index is 12.0. The molecule has 1 atom stereocenters. The molecule has 1 heterocycles. The predicted molar refractivity (Wildman–Crippen MR) is 114 cm³/mol. The van der Waals surface area contributed by atoms with Gasteiger partial charge in [-0.25, -0.2) is 0 Å². The summed E-state index contributed by atoms with van der Waals surface area (Å²) in [6.07, 6.45) is 0. The van der Waals surface area contributed by atoms with E-state index in [9.17, 15) is 14.9 Å². The highest BCUT2D eigenvalue weighted by Gasteiger charge is 2.38. The van der Waals surface area contributed by atoms with Gasteiger partial charge in [0, 0.05) is 37.8 Å². The van der Waals surface area contributed by atoms with Gasteiger partial charge in [-0.3, -0.25) is 4.79 Å². The number of carboxylic acids is 1. The molecule has 2 N–H and O–H groups in total. The SMILES string of the molecule is CB(O)N1CCN(c2ccc(C(c3ccccc3)C(C)(C)C(=O)O)cc2)CC1. The summed E-state index contributed by atoms with van der Waals surface area (Å²) < 4.78 is 0. The Balaban J connectivity index is 1.84. The van der Waals surface area contributed by atoms with E-state index in [-0.39, 0.29) is 5.92 Å². The Morgan fingerprint density at radius 2 is 1.50 bits per heavy atom. The summed E-state index contributed by atoms with van der Waals surface area (Å²) in [7, 11) is -0.408. The predicted octanol–water partition coefficient (Wildman–Crippen LogP) is 3.16. The normalized spacial score (nSPS) is 16.6. The summed E-state index contributed by atoms with van der Waals surface area (Å²) in [5.74, 6) is -1.04. The second kappa shape index (κ2) is 8.37. The Bertz CT molecular complexity index is 785. The molecule has 148 valence electrons. The minimum Gasteiger partial charge on any atom is -0.481 e. The zero-order chi connectivity index (χ0) is 20.3. The summed E-state index contributed by atoms with van der Waals surface area (Å²) in [5, 5.41) is 19.5. The van der Waals surface area contributed by atoms with Gasteiger partial charge in [0.1, 0.15) is 0 Å². The minimum atomic E-state index is -0.925. The van der Waals surface area contributed by atoms with E-state index in [0.29, 0.717) is 0 Å². The molecule has 0 saturated carbocycles. The molecule has 1 aliphatic heterocycles. The second-order valence-electron chi connectivity index (χ2n) is 8.12.